The molecule has 446 valence electrons. The van der Waals surface area contributed by atoms with E-state index < -0.39 is 12.1 Å². The maximum Gasteiger partial charge on any atom is 0.310 e. The Kier molecular flexibility index (Phi) is 62.7. The second-order valence-corrected chi connectivity index (χ2v) is 22.4. The lowest BCUT2D eigenvalue weighted by molar-refractivity contribution is -0.166. The minimum absolute atomic E-state index is 0.0975. The van der Waals surface area contributed by atoms with Gasteiger partial charge in [0.05, 0.1) is 6.42 Å². The van der Waals surface area contributed by atoms with Crippen molar-refractivity contribution in [3.05, 3.63) is 72.9 Å². The van der Waals surface area contributed by atoms with Crippen LogP contribution in [0.3, 0.4) is 0 Å². The smallest absolute Gasteiger partial charge is 0.310 e. The van der Waals surface area contributed by atoms with Gasteiger partial charge in [-0.05, 0) is 70.6 Å². The van der Waals surface area contributed by atoms with Gasteiger partial charge in [-0.25, -0.2) is 0 Å². The molecule has 6 nitrogen and oxygen atoms in total. The lowest BCUT2D eigenvalue weighted by Gasteiger charge is -2.18. The first-order valence-corrected chi connectivity index (χ1v) is 33.4. The van der Waals surface area contributed by atoms with Crippen LogP contribution in [-0.4, -0.2) is 37.2 Å². The molecule has 0 aliphatic rings. The van der Waals surface area contributed by atoms with Gasteiger partial charge in [0.15, 0.2) is 6.10 Å². The first-order chi connectivity index (χ1) is 38.0. The average molecular weight is 1080 g/mol. The minimum atomic E-state index is -0.832. The molecule has 0 saturated carbocycles. The van der Waals surface area contributed by atoms with E-state index in [1.165, 1.54) is 218 Å². The van der Waals surface area contributed by atoms with E-state index in [9.17, 15) is 14.4 Å². The molecule has 0 aromatic rings. The van der Waals surface area contributed by atoms with E-state index in [2.05, 4.69) is 81.5 Å². The van der Waals surface area contributed by atoms with Crippen LogP contribution in [0.15, 0.2) is 72.9 Å². The fourth-order valence-electron chi connectivity index (χ4n) is 9.75. The number of unbranched alkanes of at least 4 members (excludes halogenated alkanes) is 39. The second-order valence-electron chi connectivity index (χ2n) is 22.4. The van der Waals surface area contributed by atoms with Crippen LogP contribution >= 0.6 is 0 Å². The molecule has 0 saturated heterocycles. The van der Waals surface area contributed by atoms with Gasteiger partial charge in [-0.15, -0.1) is 0 Å². The second kappa shape index (κ2) is 65.4. The number of carbonyl (C=O) groups excluding carboxylic acids is 3. The molecule has 77 heavy (non-hydrogen) atoms. The Labute approximate surface area is 478 Å². The average Bonchev–Trinajstić information content (AvgIpc) is 3.43. The number of ether oxygens (including phenoxy) is 3. The van der Waals surface area contributed by atoms with Crippen LogP contribution in [0.25, 0.3) is 0 Å². The number of hydrogen-bond acceptors (Lipinski definition) is 6. The van der Waals surface area contributed by atoms with E-state index in [4.69, 9.17) is 14.2 Å². The number of esters is 3. The van der Waals surface area contributed by atoms with Gasteiger partial charge in [0.25, 0.3) is 0 Å². The highest BCUT2D eigenvalue weighted by molar-refractivity contribution is 5.72. The van der Waals surface area contributed by atoms with Gasteiger partial charge in [0.2, 0.25) is 0 Å². The Hall–Kier alpha value is -3.15. The van der Waals surface area contributed by atoms with Crippen LogP contribution in [-0.2, 0) is 28.6 Å². The van der Waals surface area contributed by atoms with E-state index in [1.807, 2.05) is 6.08 Å². The van der Waals surface area contributed by atoms with E-state index in [-0.39, 0.29) is 31.6 Å². The summed E-state index contributed by atoms with van der Waals surface area (Å²) in [5.74, 6) is -1.04. The van der Waals surface area contributed by atoms with Crippen LogP contribution in [0, 0.1) is 0 Å². The van der Waals surface area contributed by atoms with Crippen molar-refractivity contribution < 1.29 is 28.6 Å². The Balaban J connectivity index is 4.14. The van der Waals surface area contributed by atoms with E-state index in [0.29, 0.717) is 12.8 Å². The predicted octanol–water partition coefficient (Wildman–Crippen LogP) is 22.9. The van der Waals surface area contributed by atoms with Crippen LogP contribution in [0.4, 0.5) is 0 Å². The van der Waals surface area contributed by atoms with Crippen molar-refractivity contribution in [2.45, 2.75) is 348 Å². The molecule has 1 unspecified atom stereocenters. The maximum absolute atomic E-state index is 12.8. The quantitative estimate of drug-likeness (QED) is 0.0261. The topological polar surface area (TPSA) is 78.9 Å². The van der Waals surface area contributed by atoms with Crippen molar-refractivity contribution in [3.63, 3.8) is 0 Å². The summed E-state index contributed by atoms with van der Waals surface area (Å²) in [5, 5.41) is 0. The number of allylic oxidation sites excluding steroid dienone is 11. The van der Waals surface area contributed by atoms with E-state index >= 15 is 0 Å². The Bertz CT molecular complexity index is 1420. The predicted molar refractivity (Wildman–Crippen MR) is 335 cm³/mol. The molecule has 6 heteroatoms. The minimum Gasteiger partial charge on any atom is -0.462 e. The summed E-state index contributed by atoms with van der Waals surface area (Å²) in [6.07, 6.45) is 85.5. The largest absolute Gasteiger partial charge is 0.462 e. The van der Waals surface area contributed by atoms with Gasteiger partial charge in [0, 0.05) is 12.8 Å². The molecule has 0 heterocycles. The molecule has 0 spiro atoms. The molecule has 0 amide bonds. The number of rotatable bonds is 61. The van der Waals surface area contributed by atoms with Crippen LogP contribution in [0.2, 0.25) is 0 Å². The molecule has 0 radical (unpaired) electrons. The van der Waals surface area contributed by atoms with Gasteiger partial charge in [-0.3, -0.25) is 14.4 Å². The van der Waals surface area contributed by atoms with Crippen molar-refractivity contribution in [2.75, 3.05) is 13.2 Å². The normalized spacial score (nSPS) is 12.5. The van der Waals surface area contributed by atoms with Crippen LogP contribution in [0.5, 0.6) is 0 Å². The zero-order chi connectivity index (χ0) is 55.7. The van der Waals surface area contributed by atoms with Crippen LogP contribution < -0.4 is 0 Å². The molecule has 0 aromatic carbocycles. The molecule has 0 N–H and O–H groups in total. The van der Waals surface area contributed by atoms with Gasteiger partial charge >= 0.3 is 17.9 Å². The maximum atomic E-state index is 12.8. The van der Waals surface area contributed by atoms with Crippen molar-refractivity contribution >= 4 is 17.9 Å². The number of hydrogen-bond donors (Lipinski definition) is 0. The lowest BCUT2D eigenvalue weighted by atomic mass is 10.0. The third-order valence-electron chi connectivity index (χ3n) is 14.7. The Morgan fingerprint density at radius 1 is 0.286 bits per heavy atom. The van der Waals surface area contributed by atoms with E-state index in [1.54, 1.807) is 6.08 Å². The Morgan fingerprint density at radius 3 is 0.870 bits per heavy atom. The molecule has 0 aliphatic heterocycles. The molecule has 0 bridgehead atoms. The highest BCUT2D eigenvalue weighted by Crippen LogP contribution is 2.18. The molecular weight excluding hydrogens is 949 g/mol. The zero-order valence-corrected chi connectivity index (χ0v) is 51.2. The molecule has 0 aromatic heterocycles. The molecule has 0 fully saturated rings. The monoisotopic (exact) mass is 1070 g/mol. The molecular formula is C71H126O6. The third kappa shape index (κ3) is 63.6. The third-order valence-corrected chi connectivity index (χ3v) is 14.7. The van der Waals surface area contributed by atoms with Crippen molar-refractivity contribution in [2.24, 2.45) is 0 Å². The summed E-state index contributed by atoms with van der Waals surface area (Å²) in [6.45, 7) is 6.45. The zero-order valence-electron chi connectivity index (χ0n) is 51.2. The fraction of sp³-hybridized carbons (Fsp3) is 0.789. The van der Waals surface area contributed by atoms with Gasteiger partial charge in [-0.2, -0.15) is 0 Å². The molecule has 0 rings (SSSR count). The van der Waals surface area contributed by atoms with Gasteiger partial charge in [-0.1, -0.05) is 325 Å². The Morgan fingerprint density at radius 2 is 0.545 bits per heavy atom. The fourth-order valence-corrected chi connectivity index (χ4v) is 9.75. The summed E-state index contributed by atoms with van der Waals surface area (Å²) < 4.78 is 16.8. The lowest BCUT2D eigenvalue weighted by Crippen LogP contribution is -2.30. The molecule has 1 atom stereocenters. The van der Waals surface area contributed by atoms with Crippen molar-refractivity contribution in [3.8, 4) is 0 Å². The standard InChI is InChI=1S/C71H126O6/c1-4-7-10-13-16-19-22-25-27-28-29-30-31-32-33-34-35-36-37-38-39-40-41-42-43-45-46-49-52-55-58-61-64-70(73)76-67-68(66-75-69(72)63-60-57-54-51-48-24-21-18-15-12-9-6-3)77-71(74)65-62-59-56-53-50-47-44-26-23-20-17-14-11-8-5-2/h8,11,17-18,20-21,26,44,50,53,59,62,68H,4-7,9-10,12-16,19,22-25,27-43,45-49,51-52,54-58,60-61,63-67H2,1-3H3/b11-8-,20-17-,21-18-,44-26-,53-50-,62-59-. The summed E-state index contributed by atoms with van der Waals surface area (Å²) >= 11 is 0. The van der Waals surface area contributed by atoms with Gasteiger partial charge < -0.3 is 14.2 Å². The highest BCUT2D eigenvalue weighted by Gasteiger charge is 2.19. The summed E-state index contributed by atoms with van der Waals surface area (Å²) in [6, 6.07) is 0. The summed E-state index contributed by atoms with van der Waals surface area (Å²) in [5.41, 5.74) is 0. The van der Waals surface area contributed by atoms with E-state index in [0.717, 1.165) is 83.5 Å². The molecule has 0 aliphatic carbocycles. The first-order valence-electron chi connectivity index (χ1n) is 33.4. The first kappa shape index (κ1) is 73.8. The summed E-state index contributed by atoms with van der Waals surface area (Å²) in [7, 11) is 0. The highest BCUT2D eigenvalue weighted by atomic mass is 16.6. The van der Waals surface area contributed by atoms with Crippen molar-refractivity contribution in [1.82, 2.24) is 0 Å². The number of carbonyl (C=O) groups is 3. The van der Waals surface area contributed by atoms with Gasteiger partial charge in [0.1, 0.15) is 13.2 Å². The van der Waals surface area contributed by atoms with Crippen LogP contribution in [0.1, 0.15) is 342 Å². The van der Waals surface area contributed by atoms with Crippen molar-refractivity contribution in [1.29, 1.82) is 0 Å². The SMILES string of the molecule is CC/C=C\C/C=C\C/C=C\C/C=C\C/C=C\CC(=O)OC(COC(=O)CCCCCCC/C=C\CCCCC)COC(=O)CCCCCCCCCCCCCCCCCCCCCCCCCCCCCCCCCC. The summed E-state index contributed by atoms with van der Waals surface area (Å²) in [4.78, 5) is 38.1.